The molecule has 1 aliphatic heterocycles. The van der Waals surface area contributed by atoms with Crippen molar-refractivity contribution in [1.29, 1.82) is 0 Å². The summed E-state index contributed by atoms with van der Waals surface area (Å²) in [5.74, 6) is 2.05. The molecular weight excluding hydrogens is 268 g/mol. The number of nitrogens with one attached hydrogen (secondary N) is 1. The quantitative estimate of drug-likeness (QED) is 0.871. The Labute approximate surface area is 128 Å². The highest BCUT2D eigenvalue weighted by Crippen LogP contribution is 2.37. The average Bonchev–Trinajstić information content (AvgIpc) is 2.66. The van der Waals surface area contributed by atoms with Gasteiger partial charge in [0.25, 0.3) is 0 Å². The van der Waals surface area contributed by atoms with Crippen LogP contribution in [0, 0.1) is 5.92 Å². The third-order valence-electron chi connectivity index (χ3n) is 4.48. The summed E-state index contributed by atoms with van der Waals surface area (Å²) in [6.07, 6.45) is 9.12. The summed E-state index contributed by atoms with van der Waals surface area (Å²) in [5, 5.41) is 3.76. The van der Waals surface area contributed by atoms with Crippen LogP contribution in [0.3, 0.4) is 0 Å². The second-order valence-corrected chi connectivity index (χ2v) is 5.86. The lowest BCUT2D eigenvalue weighted by molar-refractivity contribution is 0.248. The molecule has 1 unspecified atom stereocenters. The van der Waals surface area contributed by atoms with Gasteiger partial charge in [0, 0.05) is 13.0 Å². The van der Waals surface area contributed by atoms with Crippen LogP contribution in [-0.2, 0) is 0 Å². The second-order valence-electron chi connectivity index (χ2n) is 5.86. The molecule has 1 aliphatic carbocycles. The molecule has 2 aliphatic rings. The van der Waals surface area contributed by atoms with Crippen molar-refractivity contribution in [2.24, 2.45) is 10.9 Å². The maximum absolute atomic E-state index is 4.73. The van der Waals surface area contributed by atoms with Gasteiger partial charge in [0.2, 0.25) is 0 Å². The third-order valence-corrected chi connectivity index (χ3v) is 4.48. The number of halogens is 1. The molecule has 1 heterocycles. The Hall–Kier alpha value is -1.02. The van der Waals surface area contributed by atoms with Crippen LogP contribution in [0.25, 0.3) is 0 Å². The minimum atomic E-state index is 0. The summed E-state index contributed by atoms with van der Waals surface area (Å²) in [4.78, 5) is 4.73. The van der Waals surface area contributed by atoms with E-state index < -0.39 is 0 Å². The van der Waals surface area contributed by atoms with E-state index in [1.54, 1.807) is 0 Å². The van der Waals surface area contributed by atoms with Gasteiger partial charge in [0.1, 0.15) is 0 Å². The highest BCUT2D eigenvalue weighted by Gasteiger charge is 2.29. The normalized spacial score (nSPS) is 20.9. The fourth-order valence-corrected chi connectivity index (χ4v) is 3.08. The number of nitrogens with zero attached hydrogens (tertiary/aromatic N) is 1. The van der Waals surface area contributed by atoms with Gasteiger partial charge >= 0.3 is 0 Å². The molecule has 1 N–H and O–H groups in total. The molecule has 0 bridgehead atoms. The first-order valence-corrected chi connectivity index (χ1v) is 7.78. The van der Waals surface area contributed by atoms with E-state index in [-0.39, 0.29) is 12.4 Å². The molecule has 3 heteroatoms. The molecule has 0 amide bonds. The van der Waals surface area contributed by atoms with Crippen molar-refractivity contribution in [2.75, 3.05) is 6.54 Å². The molecule has 0 aromatic heterocycles. The Morgan fingerprint density at radius 1 is 1.00 bits per heavy atom. The Kier molecular flexibility index (Phi) is 5.90. The average molecular weight is 293 g/mol. The summed E-state index contributed by atoms with van der Waals surface area (Å²) in [5.41, 5.74) is 1.43. The largest absolute Gasteiger partial charge is 0.367 e. The molecule has 110 valence electrons. The van der Waals surface area contributed by atoms with Crippen LogP contribution in [-0.4, -0.2) is 12.4 Å². The van der Waals surface area contributed by atoms with Gasteiger partial charge in [0.15, 0.2) is 0 Å². The van der Waals surface area contributed by atoms with Crippen molar-refractivity contribution in [3.63, 3.8) is 0 Å². The lowest BCUT2D eigenvalue weighted by atomic mass is 9.77. The van der Waals surface area contributed by atoms with E-state index in [1.165, 1.54) is 49.9 Å². The Morgan fingerprint density at radius 3 is 2.50 bits per heavy atom. The SMILES string of the molecule is Cl.c1ccc(C(NC2=NCCCCC2)C2CCC2)cc1. The van der Waals surface area contributed by atoms with Crippen LogP contribution in [0.2, 0.25) is 0 Å². The zero-order valence-corrected chi connectivity index (χ0v) is 12.9. The van der Waals surface area contributed by atoms with E-state index in [4.69, 9.17) is 4.99 Å². The van der Waals surface area contributed by atoms with Gasteiger partial charge in [-0.2, -0.15) is 0 Å². The monoisotopic (exact) mass is 292 g/mol. The van der Waals surface area contributed by atoms with Gasteiger partial charge in [-0.05, 0) is 37.2 Å². The molecular formula is C17H25ClN2. The maximum atomic E-state index is 4.73. The van der Waals surface area contributed by atoms with Crippen molar-refractivity contribution in [3.8, 4) is 0 Å². The number of rotatable bonds is 3. The summed E-state index contributed by atoms with van der Waals surface area (Å²) < 4.78 is 0. The molecule has 1 saturated carbocycles. The highest BCUT2D eigenvalue weighted by molar-refractivity contribution is 5.85. The fraction of sp³-hybridized carbons (Fsp3) is 0.588. The molecule has 0 spiro atoms. The summed E-state index contributed by atoms with van der Waals surface area (Å²) >= 11 is 0. The molecule has 0 radical (unpaired) electrons. The van der Waals surface area contributed by atoms with Crippen LogP contribution in [0.1, 0.15) is 56.6 Å². The maximum Gasteiger partial charge on any atom is 0.0967 e. The molecule has 1 aromatic rings. The lowest BCUT2D eigenvalue weighted by Gasteiger charge is -2.35. The molecule has 1 aromatic carbocycles. The van der Waals surface area contributed by atoms with Gasteiger partial charge in [-0.15, -0.1) is 12.4 Å². The summed E-state index contributed by atoms with van der Waals surface area (Å²) in [6.45, 7) is 1.01. The first kappa shape index (κ1) is 15.4. The third kappa shape index (κ3) is 3.76. The first-order chi connectivity index (χ1) is 9.43. The minimum absolute atomic E-state index is 0. The highest BCUT2D eigenvalue weighted by atomic mass is 35.5. The van der Waals surface area contributed by atoms with E-state index >= 15 is 0 Å². The van der Waals surface area contributed by atoms with Gasteiger partial charge in [-0.1, -0.05) is 43.2 Å². The number of hydrogen-bond donors (Lipinski definition) is 1. The predicted molar refractivity (Wildman–Crippen MR) is 87.7 cm³/mol. The van der Waals surface area contributed by atoms with Crippen LogP contribution in [0.4, 0.5) is 0 Å². The minimum Gasteiger partial charge on any atom is -0.367 e. The van der Waals surface area contributed by atoms with Crippen molar-refractivity contribution in [2.45, 2.75) is 51.0 Å². The van der Waals surface area contributed by atoms with E-state index in [9.17, 15) is 0 Å². The molecule has 3 rings (SSSR count). The van der Waals surface area contributed by atoms with Crippen molar-refractivity contribution >= 4 is 18.2 Å². The molecule has 2 nitrogen and oxygen atoms in total. The van der Waals surface area contributed by atoms with Gasteiger partial charge < -0.3 is 5.32 Å². The van der Waals surface area contributed by atoms with E-state index in [0.29, 0.717) is 6.04 Å². The first-order valence-electron chi connectivity index (χ1n) is 7.78. The summed E-state index contributed by atoms with van der Waals surface area (Å²) in [7, 11) is 0. The summed E-state index contributed by atoms with van der Waals surface area (Å²) in [6, 6.07) is 11.4. The van der Waals surface area contributed by atoms with E-state index in [2.05, 4.69) is 35.6 Å². The van der Waals surface area contributed by atoms with Gasteiger partial charge in [-0.3, -0.25) is 4.99 Å². The molecule has 0 saturated heterocycles. The van der Waals surface area contributed by atoms with E-state index in [1.807, 2.05) is 0 Å². The predicted octanol–water partition coefficient (Wildman–Crippen LogP) is 4.51. The Balaban J connectivity index is 0.00000147. The molecule has 20 heavy (non-hydrogen) atoms. The fourth-order valence-electron chi connectivity index (χ4n) is 3.08. The number of aliphatic imine (C=N–C) groups is 1. The standard InChI is InChI=1S/C17H24N2.ClH/c1-3-8-14(9-4-1)17(15-10-7-11-15)19-16-12-5-2-6-13-18-16;/h1,3-4,8-9,15,17H,2,5-7,10-13H2,(H,18,19);1H. The zero-order valence-electron chi connectivity index (χ0n) is 12.1. The van der Waals surface area contributed by atoms with Crippen LogP contribution >= 0.6 is 12.4 Å². The Morgan fingerprint density at radius 2 is 1.80 bits per heavy atom. The van der Waals surface area contributed by atoms with Crippen LogP contribution in [0.15, 0.2) is 35.3 Å². The van der Waals surface area contributed by atoms with Crippen LogP contribution < -0.4 is 5.32 Å². The van der Waals surface area contributed by atoms with Crippen molar-refractivity contribution < 1.29 is 0 Å². The van der Waals surface area contributed by atoms with E-state index in [0.717, 1.165) is 18.9 Å². The smallest absolute Gasteiger partial charge is 0.0967 e. The number of amidine groups is 1. The zero-order chi connectivity index (χ0) is 12.9. The molecule has 1 atom stereocenters. The van der Waals surface area contributed by atoms with Gasteiger partial charge in [0.05, 0.1) is 11.9 Å². The topological polar surface area (TPSA) is 24.4 Å². The second kappa shape index (κ2) is 7.68. The number of hydrogen-bond acceptors (Lipinski definition) is 2. The van der Waals surface area contributed by atoms with Crippen LogP contribution in [0.5, 0.6) is 0 Å². The lowest BCUT2D eigenvalue weighted by Crippen LogP contribution is -2.36. The van der Waals surface area contributed by atoms with Crippen molar-refractivity contribution in [1.82, 2.24) is 5.32 Å². The van der Waals surface area contributed by atoms with Gasteiger partial charge in [-0.25, -0.2) is 0 Å². The Bertz CT molecular complexity index is 426. The van der Waals surface area contributed by atoms with Crippen molar-refractivity contribution in [3.05, 3.63) is 35.9 Å². The number of benzene rings is 1. The molecule has 1 fully saturated rings.